The Bertz CT molecular complexity index is 673. The van der Waals surface area contributed by atoms with Crippen molar-refractivity contribution in [3.8, 4) is 18.1 Å². The van der Waals surface area contributed by atoms with E-state index in [0.717, 1.165) is 16.8 Å². The molecule has 0 spiro atoms. The number of halogens is 1. The van der Waals surface area contributed by atoms with Crippen LogP contribution in [0.5, 0.6) is 5.75 Å². The quantitative estimate of drug-likeness (QED) is 0.795. The molecule has 0 unspecified atom stereocenters. The van der Waals surface area contributed by atoms with Gasteiger partial charge in [-0.1, -0.05) is 24.1 Å². The Labute approximate surface area is 134 Å². The summed E-state index contributed by atoms with van der Waals surface area (Å²) in [7, 11) is 0. The summed E-state index contributed by atoms with van der Waals surface area (Å²) >= 11 is 3.51. The summed E-state index contributed by atoms with van der Waals surface area (Å²) in [6, 6.07) is 12.3. The van der Waals surface area contributed by atoms with Crippen LogP contribution in [-0.4, -0.2) is 6.61 Å². The third-order valence-electron chi connectivity index (χ3n) is 3.39. The smallest absolute Gasteiger partial charge is 0.148 e. The zero-order valence-corrected chi connectivity index (χ0v) is 13.8. The third kappa shape index (κ3) is 4.03. The summed E-state index contributed by atoms with van der Waals surface area (Å²) in [4.78, 5) is 0. The highest BCUT2D eigenvalue weighted by atomic mass is 79.9. The van der Waals surface area contributed by atoms with Crippen LogP contribution in [0.1, 0.15) is 16.7 Å². The molecule has 21 heavy (non-hydrogen) atoms. The number of rotatable bonds is 5. The molecule has 1 N–H and O–H groups in total. The molecule has 0 heterocycles. The Morgan fingerprint density at radius 2 is 2.05 bits per heavy atom. The van der Waals surface area contributed by atoms with E-state index in [-0.39, 0.29) is 6.61 Å². The van der Waals surface area contributed by atoms with Gasteiger partial charge in [-0.15, -0.1) is 6.42 Å². The average Bonchev–Trinajstić information content (AvgIpc) is 2.48. The van der Waals surface area contributed by atoms with Crippen molar-refractivity contribution >= 4 is 21.6 Å². The molecule has 2 aromatic rings. The standard InChI is InChI=1S/C18H18BrNO/c1-4-10-21-18-9-8-15(11-16(18)19)12-20-17-7-5-6-13(2)14(17)3/h1,5-9,11,20H,10,12H2,2-3H3. The van der Waals surface area contributed by atoms with Gasteiger partial charge in [0.05, 0.1) is 4.47 Å². The first-order valence-corrected chi connectivity index (χ1v) is 7.56. The van der Waals surface area contributed by atoms with E-state index >= 15 is 0 Å². The Balaban J connectivity index is 2.05. The van der Waals surface area contributed by atoms with Gasteiger partial charge in [-0.05, 0) is 64.7 Å². The molecule has 0 aromatic heterocycles. The summed E-state index contributed by atoms with van der Waals surface area (Å²) in [6.45, 7) is 5.29. The number of anilines is 1. The van der Waals surface area contributed by atoms with Gasteiger partial charge < -0.3 is 10.1 Å². The van der Waals surface area contributed by atoms with Crippen molar-refractivity contribution in [1.29, 1.82) is 0 Å². The molecule has 0 bridgehead atoms. The molecule has 3 heteroatoms. The second kappa shape index (κ2) is 7.19. The third-order valence-corrected chi connectivity index (χ3v) is 4.01. The SMILES string of the molecule is C#CCOc1ccc(CNc2cccc(C)c2C)cc1Br. The van der Waals surface area contributed by atoms with Crippen LogP contribution in [0.15, 0.2) is 40.9 Å². The fraction of sp³-hybridized carbons (Fsp3) is 0.222. The molecule has 0 atom stereocenters. The van der Waals surface area contributed by atoms with E-state index in [1.807, 2.05) is 18.2 Å². The zero-order chi connectivity index (χ0) is 15.2. The topological polar surface area (TPSA) is 21.3 Å². The molecule has 0 saturated heterocycles. The predicted molar refractivity (Wildman–Crippen MR) is 91.7 cm³/mol. The van der Waals surface area contributed by atoms with Crippen molar-refractivity contribution < 1.29 is 4.74 Å². The van der Waals surface area contributed by atoms with Gasteiger partial charge in [-0.2, -0.15) is 0 Å². The van der Waals surface area contributed by atoms with E-state index in [9.17, 15) is 0 Å². The highest BCUT2D eigenvalue weighted by Crippen LogP contribution is 2.26. The molecule has 108 valence electrons. The van der Waals surface area contributed by atoms with E-state index in [0.29, 0.717) is 0 Å². The minimum atomic E-state index is 0.276. The van der Waals surface area contributed by atoms with E-state index in [4.69, 9.17) is 11.2 Å². The van der Waals surface area contributed by atoms with Gasteiger partial charge in [-0.25, -0.2) is 0 Å². The van der Waals surface area contributed by atoms with Gasteiger partial charge in [0, 0.05) is 12.2 Å². The summed E-state index contributed by atoms with van der Waals surface area (Å²) in [5, 5.41) is 3.47. The van der Waals surface area contributed by atoms with Gasteiger partial charge in [0.25, 0.3) is 0 Å². The van der Waals surface area contributed by atoms with Gasteiger partial charge in [0.15, 0.2) is 0 Å². The second-order valence-electron chi connectivity index (χ2n) is 4.86. The number of hydrogen-bond acceptors (Lipinski definition) is 2. The van der Waals surface area contributed by atoms with Crippen LogP contribution in [0.4, 0.5) is 5.69 Å². The molecule has 0 radical (unpaired) electrons. The number of hydrogen-bond donors (Lipinski definition) is 1. The van der Waals surface area contributed by atoms with E-state index in [1.54, 1.807) is 0 Å². The molecular formula is C18H18BrNO. The minimum Gasteiger partial charge on any atom is -0.480 e. The number of terminal acetylenes is 1. The number of nitrogens with one attached hydrogen (secondary N) is 1. The first kappa shape index (κ1) is 15.5. The van der Waals surface area contributed by atoms with E-state index in [2.05, 4.69) is 59.2 Å². The van der Waals surface area contributed by atoms with E-state index in [1.165, 1.54) is 22.4 Å². The van der Waals surface area contributed by atoms with Gasteiger partial charge in [-0.3, -0.25) is 0 Å². The molecule has 2 aromatic carbocycles. The Kier molecular flexibility index (Phi) is 5.30. The number of aryl methyl sites for hydroxylation is 1. The van der Waals surface area contributed by atoms with Crippen molar-refractivity contribution in [2.45, 2.75) is 20.4 Å². The lowest BCUT2D eigenvalue weighted by atomic mass is 10.1. The van der Waals surface area contributed by atoms with Crippen molar-refractivity contribution in [3.05, 3.63) is 57.6 Å². The molecule has 2 nitrogen and oxygen atoms in total. The first-order chi connectivity index (χ1) is 10.1. The lowest BCUT2D eigenvalue weighted by molar-refractivity contribution is 0.368. The largest absolute Gasteiger partial charge is 0.480 e. The summed E-state index contributed by atoms with van der Waals surface area (Å²) in [5.74, 6) is 3.23. The van der Waals surface area contributed by atoms with Crippen molar-refractivity contribution in [3.63, 3.8) is 0 Å². The Hall–Kier alpha value is -1.92. The maximum Gasteiger partial charge on any atom is 0.148 e. The molecule has 0 aliphatic rings. The number of ether oxygens (including phenoxy) is 1. The van der Waals surface area contributed by atoms with Gasteiger partial charge in [0.2, 0.25) is 0 Å². The predicted octanol–water partition coefficient (Wildman–Crippen LogP) is 4.69. The lowest BCUT2D eigenvalue weighted by Crippen LogP contribution is -2.02. The highest BCUT2D eigenvalue weighted by Gasteiger charge is 2.04. The fourth-order valence-electron chi connectivity index (χ4n) is 2.03. The fourth-order valence-corrected chi connectivity index (χ4v) is 2.57. The zero-order valence-electron chi connectivity index (χ0n) is 12.2. The summed E-state index contributed by atoms with van der Waals surface area (Å²) < 4.78 is 6.35. The van der Waals surface area contributed by atoms with Gasteiger partial charge >= 0.3 is 0 Å². The lowest BCUT2D eigenvalue weighted by Gasteiger charge is -2.12. The minimum absolute atomic E-state index is 0.276. The molecule has 0 saturated carbocycles. The van der Waals surface area contributed by atoms with Crippen LogP contribution >= 0.6 is 15.9 Å². The summed E-state index contributed by atoms with van der Waals surface area (Å²) in [6.07, 6.45) is 5.19. The van der Waals surface area contributed by atoms with Crippen LogP contribution in [-0.2, 0) is 6.54 Å². The van der Waals surface area contributed by atoms with Crippen molar-refractivity contribution in [2.24, 2.45) is 0 Å². The van der Waals surface area contributed by atoms with Crippen LogP contribution in [0.3, 0.4) is 0 Å². The molecule has 0 aliphatic carbocycles. The number of benzene rings is 2. The van der Waals surface area contributed by atoms with Crippen LogP contribution in [0, 0.1) is 26.2 Å². The molecule has 0 amide bonds. The molecule has 0 aliphatic heterocycles. The highest BCUT2D eigenvalue weighted by molar-refractivity contribution is 9.10. The van der Waals surface area contributed by atoms with Crippen LogP contribution in [0.2, 0.25) is 0 Å². The van der Waals surface area contributed by atoms with Crippen LogP contribution < -0.4 is 10.1 Å². The van der Waals surface area contributed by atoms with Crippen molar-refractivity contribution in [2.75, 3.05) is 11.9 Å². The average molecular weight is 344 g/mol. The maximum atomic E-state index is 5.44. The normalized spacial score (nSPS) is 10.0. The van der Waals surface area contributed by atoms with Crippen LogP contribution in [0.25, 0.3) is 0 Å². The Morgan fingerprint density at radius 3 is 2.76 bits per heavy atom. The molecule has 2 rings (SSSR count). The molecule has 0 fully saturated rings. The monoisotopic (exact) mass is 343 g/mol. The maximum absolute atomic E-state index is 5.44. The van der Waals surface area contributed by atoms with E-state index < -0.39 is 0 Å². The Morgan fingerprint density at radius 1 is 1.24 bits per heavy atom. The van der Waals surface area contributed by atoms with Gasteiger partial charge in [0.1, 0.15) is 12.4 Å². The van der Waals surface area contributed by atoms with Crippen molar-refractivity contribution in [1.82, 2.24) is 0 Å². The summed E-state index contributed by atoms with van der Waals surface area (Å²) in [5.41, 5.74) is 4.92. The first-order valence-electron chi connectivity index (χ1n) is 6.76. The molecular weight excluding hydrogens is 326 g/mol. The second-order valence-corrected chi connectivity index (χ2v) is 5.71.